The minimum atomic E-state index is -0.135. The molecule has 0 N–H and O–H groups in total. The van der Waals surface area contributed by atoms with Crippen LogP contribution in [-0.2, 0) is 5.88 Å². The first-order chi connectivity index (χ1) is 8.33. The highest BCUT2D eigenvalue weighted by atomic mass is 35.5. The van der Waals surface area contributed by atoms with E-state index in [-0.39, 0.29) is 5.82 Å². The molecule has 1 aromatic carbocycles. The molecule has 3 heteroatoms. The molecule has 0 saturated carbocycles. The molecule has 0 spiro atoms. The molecule has 0 unspecified atom stereocenters. The lowest BCUT2D eigenvalue weighted by molar-refractivity contribution is 0.544. The van der Waals surface area contributed by atoms with Gasteiger partial charge in [-0.05, 0) is 24.5 Å². The highest BCUT2D eigenvalue weighted by molar-refractivity contribution is 6.17. The molecule has 1 nitrogen and oxygen atoms in total. The molecular weight excluding hydrogens is 237 g/mol. The lowest BCUT2D eigenvalue weighted by atomic mass is 10.1. The van der Waals surface area contributed by atoms with Gasteiger partial charge < -0.3 is 4.90 Å². The van der Waals surface area contributed by atoms with Crippen molar-refractivity contribution in [1.29, 1.82) is 0 Å². The van der Waals surface area contributed by atoms with Gasteiger partial charge in [0.25, 0.3) is 0 Å². The quantitative estimate of drug-likeness (QED) is 0.711. The lowest BCUT2D eigenvalue weighted by Gasteiger charge is -2.28. The Labute approximate surface area is 108 Å². The van der Waals surface area contributed by atoms with E-state index in [1.54, 1.807) is 6.07 Å². The van der Waals surface area contributed by atoms with E-state index in [4.69, 9.17) is 11.6 Å². The maximum absolute atomic E-state index is 14.0. The van der Waals surface area contributed by atoms with E-state index in [0.717, 1.165) is 37.2 Å². The van der Waals surface area contributed by atoms with Crippen molar-refractivity contribution in [1.82, 2.24) is 0 Å². The largest absolute Gasteiger partial charge is 0.369 e. The Morgan fingerprint density at radius 1 is 1.06 bits per heavy atom. The smallest absolute Gasteiger partial charge is 0.146 e. The summed E-state index contributed by atoms with van der Waals surface area (Å²) in [5, 5.41) is 0. The van der Waals surface area contributed by atoms with E-state index in [0.29, 0.717) is 5.88 Å². The first-order valence-electron chi connectivity index (χ1n) is 6.41. The summed E-state index contributed by atoms with van der Waals surface area (Å²) in [5.41, 5.74) is 1.64. The van der Waals surface area contributed by atoms with Crippen molar-refractivity contribution in [3.8, 4) is 0 Å². The third-order valence-corrected chi connectivity index (χ3v) is 3.67. The van der Waals surface area contributed by atoms with Crippen molar-refractivity contribution in [3.63, 3.8) is 0 Å². The number of benzene rings is 1. The van der Waals surface area contributed by atoms with Crippen LogP contribution in [0.1, 0.15) is 37.7 Å². The summed E-state index contributed by atoms with van der Waals surface area (Å²) >= 11 is 5.90. The number of hydrogen-bond donors (Lipinski definition) is 0. The number of nitrogens with zero attached hydrogens (tertiary/aromatic N) is 1. The molecule has 0 amide bonds. The SMILES string of the molecule is Fc1cccc(CCl)c1N1CCCCCCC1. The normalized spacial score (nSPS) is 17.6. The molecule has 1 aliphatic heterocycles. The predicted octanol–water partition coefficient (Wildman–Crippen LogP) is 4.34. The van der Waals surface area contributed by atoms with Gasteiger partial charge in [0.1, 0.15) is 5.82 Å². The Balaban J connectivity index is 2.23. The second kappa shape index (κ2) is 6.25. The Bertz CT molecular complexity index is 359. The summed E-state index contributed by atoms with van der Waals surface area (Å²) in [6.07, 6.45) is 6.11. The molecule has 1 aromatic rings. The summed E-state index contributed by atoms with van der Waals surface area (Å²) in [6.45, 7) is 1.90. The number of para-hydroxylation sites is 1. The zero-order valence-electron chi connectivity index (χ0n) is 10.1. The molecule has 1 aliphatic rings. The summed E-state index contributed by atoms with van der Waals surface area (Å²) in [5.74, 6) is 0.243. The van der Waals surface area contributed by atoms with Gasteiger partial charge in [-0.25, -0.2) is 4.39 Å². The average molecular weight is 256 g/mol. The summed E-state index contributed by atoms with van der Waals surface area (Å²) in [7, 11) is 0. The highest BCUT2D eigenvalue weighted by Crippen LogP contribution is 2.27. The van der Waals surface area contributed by atoms with Crippen molar-refractivity contribution in [2.75, 3.05) is 18.0 Å². The van der Waals surface area contributed by atoms with Crippen LogP contribution in [0, 0.1) is 5.82 Å². The van der Waals surface area contributed by atoms with Crippen molar-refractivity contribution < 1.29 is 4.39 Å². The molecule has 1 heterocycles. The first-order valence-corrected chi connectivity index (χ1v) is 6.94. The van der Waals surface area contributed by atoms with E-state index in [1.807, 2.05) is 6.07 Å². The molecule has 2 rings (SSSR count). The van der Waals surface area contributed by atoms with Crippen LogP contribution in [0.2, 0.25) is 0 Å². The van der Waals surface area contributed by atoms with E-state index in [9.17, 15) is 4.39 Å². The average Bonchev–Trinajstić information content (AvgIpc) is 2.29. The minimum absolute atomic E-state index is 0.135. The van der Waals surface area contributed by atoms with Gasteiger partial charge in [-0.15, -0.1) is 11.6 Å². The van der Waals surface area contributed by atoms with Crippen molar-refractivity contribution in [2.45, 2.75) is 38.0 Å². The molecule has 1 fully saturated rings. The Morgan fingerprint density at radius 2 is 1.71 bits per heavy atom. The van der Waals surface area contributed by atoms with E-state index in [1.165, 1.54) is 25.3 Å². The fourth-order valence-corrected chi connectivity index (χ4v) is 2.71. The molecule has 0 radical (unpaired) electrons. The van der Waals surface area contributed by atoms with Crippen molar-refractivity contribution >= 4 is 17.3 Å². The van der Waals surface area contributed by atoms with Gasteiger partial charge in [0.2, 0.25) is 0 Å². The highest BCUT2D eigenvalue weighted by Gasteiger charge is 2.16. The van der Waals surface area contributed by atoms with Crippen molar-refractivity contribution in [3.05, 3.63) is 29.6 Å². The number of alkyl halides is 1. The van der Waals surface area contributed by atoms with E-state index < -0.39 is 0 Å². The molecule has 1 saturated heterocycles. The van der Waals surface area contributed by atoms with Gasteiger partial charge in [0.05, 0.1) is 5.69 Å². The van der Waals surface area contributed by atoms with Crippen LogP contribution in [0.3, 0.4) is 0 Å². The maximum Gasteiger partial charge on any atom is 0.146 e. The molecule has 0 bridgehead atoms. The molecule has 94 valence electrons. The van der Waals surface area contributed by atoms with Crippen LogP contribution in [-0.4, -0.2) is 13.1 Å². The van der Waals surface area contributed by atoms with Crippen LogP contribution in [0.25, 0.3) is 0 Å². The van der Waals surface area contributed by atoms with Gasteiger partial charge in [0, 0.05) is 19.0 Å². The van der Waals surface area contributed by atoms with Crippen LogP contribution in [0.5, 0.6) is 0 Å². The third-order valence-electron chi connectivity index (χ3n) is 3.39. The van der Waals surface area contributed by atoms with Crippen LogP contribution in [0.4, 0.5) is 10.1 Å². The Morgan fingerprint density at radius 3 is 2.35 bits per heavy atom. The standard InChI is InChI=1S/C14H19ClFN/c15-11-12-7-6-8-13(16)14(12)17-9-4-2-1-3-5-10-17/h6-8H,1-5,9-11H2. The molecule has 17 heavy (non-hydrogen) atoms. The number of anilines is 1. The molecule has 0 atom stereocenters. The number of halogens is 2. The van der Waals surface area contributed by atoms with Gasteiger partial charge in [-0.2, -0.15) is 0 Å². The van der Waals surface area contributed by atoms with Gasteiger partial charge in [-0.1, -0.05) is 31.4 Å². The fraction of sp³-hybridized carbons (Fsp3) is 0.571. The molecular formula is C14H19ClFN. The second-order valence-electron chi connectivity index (χ2n) is 4.64. The van der Waals surface area contributed by atoms with Crippen molar-refractivity contribution in [2.24, 2.45) is 0 Å². The number of rotatable bonds is 2. The molecule has 0 aliphatic carbocycles. The predicted molar refractivity (Wildman–Crippen MR) is 71.3 cm³/mol. The second-order valence-corrected chi connectivity index (χ2v) is 4.90. The van der Waals surface area contributed by atoms with Gasteiger partial charge in [-0.3, -0.25) is 0 Å². The monoisotopic (exact) mass is 255 g/mol. The summed E-state index contributed by atoms with van der Waals surface area (Å²) in [4.78, 5) is 2.17. The Hall–Kier alpha value is -0.760. The third kappa shape index (κ3) is 3.12. The lowest BCUT2D eigenvalue weighted by Crippen LogP contribution is -2.28. The number of hydrogen-bond acceptors (Lipinski definition) is 1. The van der Waals surface area contributed by atoms with Crippen LogP contribution >= 0.6 is 11.6 Å². The molecule has 0 aromatic heterocycles. The fourth-order valence-electron chi connectivity index (χ4n) is 2.49. The zero-order valence-corrected chi connectivity index (χ0v) is 10.8. The summed E-state index contributed by atoms with van der Waals surface area (Å²) in [6, 6.07) is 5.19. The maximum atomic E-state index is 14.0. The zero-order chi connectivity index (χ0) is 12.1. The topological polar surface area (TPSA) is 3.24 Å². The van der Waals surface area contributed by atoms with E-state index >= 15 is 0 Å². The first kappa shape index (κ1) is 12.7. The minimum Gasteiger partial charge on any atom is -0.369 e. The van der Waals surface area contributed by atoms with Crippen LogP contribution < -0.4 is 4.90 Å². The van der Waals surface area contributed by atoms with E-state index in [2.05, 4.69) is 4.90 Å². The Kier molecular flexibility index (Phi) is 4.66. The van der Waals surface area contributed by atoms with Gasteiger partial charge in [0.15, 0.2) is 0 Å². The van der Waals surface area contributed by atoms with Crippen LogP contribution in [0.15, 0.2) is 18.2 Å². The summed E-state index contributed by atoms with van der Waals surface area (Å²) < 4.78 is 14.0. The van der Waals surface area contributed by atoms with Gasteiger partial charge >= 0.3 is 0 Å².